The van der Waals surface area contributed by atoms with E-state index in [1.165, 1.54) is 0 Å². The van der Waals surface area contributed by atoms with Crippen LogP contribution >= 0.6 is 0 Å². The van der Waals surface area contributed by atoms with Gasteiger partial charge < -0.3 is 4.43 Å². The van der Waals surface area contributed by atoms with Gasteiger partial charge in [-0.25, -0.2) is 0 Å². The van der Waals surface area contributed by atoms with Gasteiger partial charge >= 0.3 is 9.04 Å². The highest BCUT2D eigenvalue weighted by molar-refractivity contribution is 6.69. The van der Waals surface area contributed by atoms with Crippen LogP contribution in [0, 0.1) is 22.9 Å². The Labute approximate surface area is 151 Å². The van der Waals surface area contributed by atoms with Crippen LogP contribution in [0.3, 0.4) is 0 Å². The molecule has 1 radical (unpaired) electrons. The zero-order valence-corrected chi connectivity index (χ0v) is 14.8. The summed E-state index contributed by atoms with van der Waals surface area (Å²) in [4.78, 5) is 0. The van der Waals surface area contributed by atoms with Crippen molar-refractivity contribution in [2.24, 2.45) is 0 Å². The number of hydrogen-bond donors (Lipinski definition) is 0. The molecule has 0 spiro atoms. The highest BCUT2D eigenvalue weighted by Gasteiger charge is 2.07. The monoisotopic (exact) mass is 337 g/mol. The smallest absolute Gasteiger partial charge is 0.391 e. The van der Waals surface area contributed by atoms with E-state index in [-0.39, 0.29) is 0 Å². The third-order valence-electron chi connectivity index (χ3n) is 3.41. The summed E-state index contributed by atoms with van der Waals surface area (Å²) in [6, 6.07) is 30.0. The largest absolute Gasteiger partial charge is 0.397 e. The van der Waals surface area contributed by atoms with Gasteiger partial charge in [-0.1, -0.05) is 89.7 Å². The van der Waals surface area contributed by atoms with Crippen molar-refractivity contribution in [1.82, 2.24) is 0 Å². The summed E-state index contributed by atoms with van der Waals surface area (Å²) in [6.45, 7) is 0.530. The van der Waals surface area contributed by atoms with Gasteiger partial charge in [-0.15, -0.1) is 0 Å². The third kappa shape index (κ3) is 5.83. The molecule has 0 aliphatic rings. The van der Waals surface area contributed by atoms with Crippen LogP contribution in [0.4, 0.5) is 0 Å². The van der Waals surface area contributed by atoms with Gasteiger partial charge in [0.2, 0.25) is 0 Å². The van der Waals surface area contributed by atoms with Crippen LogP contribution in [-0.4, -0.2) is 9.04 Å². The summed E-state index contributed by atoms with van der Waals surface area (Å²) in [6.07, 6.45) is 0. The van der Waals surface area contributed by atoms with Crippen LogP contribution in [0.15, 0.2) is 91.0 Å². The molecular weight excluding hydrogens is 320 g/mol. The second kappa shape index (κ2) is 9.30. The van der Waals surface area contributed by atoms with E-state index in [0.29, 0.717) is 6.61 Å². The molecule has 0 bridgehead atoms. The average molecular weight is 337 g/mol. The standard InChI is InChI=1S/C23H17OSi/c1-4-10-21(11-5-1)16-18-25(19-17-22-12-6-2-7-13-22)24-20-23-14-8-3-9-15-23/h1-15H,20H2. The molecule has 0 saturated carbocycles. The van der Waals surface area contributed by atoms with Gasteiger partial charge in [-0.05, 0) is 29.8 Å². The Kier molecular flexibility index (Phi) is 6.25. The van der Waals surface area contributed by atoms with Crippen LogP contribution in [0.25, 0.3) is 0 Å². The third-order valence-corrected chi connectivity index (χ3v) is 4.55. The Balaban J connectivity index is 1.76. The van der Waals surface area contributed by atoms with Gasteiger partial charge in [0.05, 0.1) is 6.61 Å². The van der Waals surface area contributed by atoms with E-state index < -0.39 is 9.04 Å². The van der Waals surface area contributed by atoms with Crippen molar-refractivity contribution < 1.29 is 4.43 Å². The molecule has 0 aliphatic carbocycles. The van der Waals surface area contributed by atoms with Gasteiger partial charge in [0, 0.05) is 11.1 Å². The zero-order valence-electron chi connectivity index (χ0n) is 13.8. The topological polar surface area (TPSA) is 9.23 Å². The first-order chi connectivity index (χ1) is 12.4. The van der Waals surface area contributed by atoms with E-state index in [9.17, 15) is 0 Å². The molecule has 3 aromatic rings. The molecule has 0 atom stereocenters. The molecule has 0 aromatic heterocycles. The first-order valence-electron chi connectivity index (χ1n) is 8.08. The minimum Gasteiger partial charge on any atom is -0.391 e. The van der Waals surface area contributed by atoms with Crippen molar-refractivity contribution in [3.63, 3.8) is 0 Å². The van der Waals surface area contributed by atoms with E-state index in [0.717, 1.165) is 16.7 Å². The first-order valence-corrected chi connectivity index (χ1v) is 9.49. The quantitative estimate of drug-likeness (QED) is 0.509. The summed E-state index contributed by atoms with van der Waals surface area (Å²) in [5, 5.41) is 0. The van der Waals surface area contributed by atoms with Crippen LogP contribution in [0.1, 0.15) is 16.7 Å². The van der Waals surface area contributed by atoms with Gasteiger partial charge in [0.25, 0.3) is 0 Å². The first kappa shape index (κ1) is 16.8. The predicted octanol–water partition coefficient (Wildman–Crippen LogP) is 4.38. The van der Waals surface area contributed by atoms with Gasteiger partial charge in [-0.3, -0.25) is 0 Å². The minimum absolute atomic E-state index is 0.530. The maximum atomic E-state index is 6.03. The molecule has 0 saturated heterocycles. The number of hydrogen-bond acceptors (Lipinski definition) is 1. The molecule has 3 aromatic carbocycles. The Morgan fingerprint density at radius 1 is 0.600 bits per heavy atom. The average Bonchev–Trinajstić information content (AvgIpc) is 2.70. The summed E-state index contributed by atoms with van der Waals surface area (Å²) < 4.78 is 6.03. The fraction of sp³-hybridized carbons (Fsp3) is 0.0435. The van der Waals surface area contributed by atoms with Crippen LogP contribution in [0.2, 0.25) is 0 Å². The molecule has 25 heavy (non-hydrogen) atoms. The lowest BCUT2D eigenvalue weighted by atomic mass is 10.2. The van der Waals surface area contributed by atoms with Gasteiger partial charge in [0.1, 0.15) is 0 Å². The SMILES string of the molecule is C(#C[Si](C#Cc1ccccc1)OCc1ccccc1)c1ccccc1. The van der Waals surface area contributed by atoms with E-state index in [4.69, 9.17) is 4.43 Å². The van der Waals surface area contributed by atoms with E-state index in [2.05, 4.69) is 35.1 Å². The molecule has 1 nitrogen and oxygen atoms in total. The lowest BCUT2D eigenvalue weighted by Crippen LogP contribution is -2.14. The molecule has 0 amide bonds. The zero-order chi connectivity index (χ0) is 17.2. The van der Waals surface area contributed by atoms with Crippen molar-refractivity contribution in [2.75, 3.05) is 0 Å². The Morgan fingerprint density at radius 3 is 1.52 bits per heavy atom. The maximum absolute atomic E-state index is 6.03. The Hall–Kier alpha value is -3.04. The van der Waals surface area contributed by atoms with Crippen molar-refractivity contribution >= 4 is 9.04 Å². The summed E-state index contributed by atoms with van der Waals surface area (Å²) >= 11 is 0. The second-order valence-electron chi connectivity index (χ2n) is 5.34. The number of rotatable bonds is 3. The molecule has 0 unspecified atom stereocenters. The molecule has 2 heteroatoms. The van der Waals surface area contributed by atoms with Gasteiger partial charge in [0.15, 0.2) is 0 Å². The summed E-state index contributed by atoms with van der Waals surface area (Å²) in [7, 11) is -1.56. The van der Waals surface area contributed by atoms with Crippen LogP contribution in [-0.2, 0) is 11.0 Å². The highest BCUT2D eigenvalue weighted by Crippen LogP contribution is 2.03. The van der Waals surface area contributed by atoms with Crippen molar-refractivity contribution in [3.8, 4) is 22.9 Å². The van der Waals surface area contributed by atoms with Gasteiger partial charge in [-0.2, -0.15) is 0 Å². The highest BCUT2D eigenvalue weighted by atomic mass is 28.3. The van der Waals surface area contributed by atoms with Crippen molar-refractivity contribution in [1.29, 1.82) is 0 Å². The van der Waals surface area contributed by atoms with Crippen molar-refractivity contribution in [3.05, 3.63) is 108 Å². The minimum atomic E-state index is -1.56. The van der Waals surface area contributed by atoms with Crippen LogP contribution in [0.5, 0.6) is 0 Å². The fourth-order valence-electron chi connectivity index (χ4n) is 2.13. The molecule has 0 aliphatic heterocycles. The molecule has 0 heterocycles. The molecule has 3 rings (SSSR count). The van der Waals surface area contributed by atoms with E-state index in [1.54, 1.807) is 0 Å². The molecule has 0 N–H and O–H groups in total. The maximum Gasteiger partial charge on any atom is 0.397 e. The summed E-state index contributed by atoms with van der Waals surface area (Å²) in [5.74, 6) is 6.37. The fourth-order valence-corrected chi connectivity index (χ4v) is 3.17. The molecular formula is C23H17OSi. The van der Waals surface area contributed by atoms with E-state index in [1.807, 2.05) is 78.9 Å². The molecule has 0 fully saturated rings. The predicted molar refractivity (Wildman–Crippen MR) is 104 cm³/mol. The number of benzene rings is 3. The van der Waals surface area contributed by atoms with Crippen LogP contribution < -0.4 is 0 Å². The second-order valence-corrected chi connectivity index (χ2v) is 6.78. The normalized spacial score (nSPS) is 9.64. The summed E-state index contributed by atoms with van der Waals surface area (Å²) in [5.41, 5.74) is 9.56. The van der Waals surface area contributed by atoms with E-state index >= 15 is 0 Å². The lowest BCUT2D eigenvalue weighted by Gasteiger charge is -2.04. The van der Waals surface area contributed by atoms with Crippen molar-refractivity contribution in [2.45, 2.75) is 6.61 Å². The Bertz CT molecular complexity index is 840. The lowest BCUT2D eigenvalue weighted by molar-refractivity contribution is 0.323. The Morgan fingerprint density at radius 2 is 1.04 bits per heavy atom. The molecule has 119 valence electrons.